The molecular weight excluding hydrogens is 466 g/mol. The normalized spacial score (nSPS) is 11.7. The van der Waals surface area contributed by atoms with Crippen molar-refractivity contribution in [2.45, 2.75) is 110 Å². The molecule has 2 rings (SSSR count). The maximum Gasteiger partial charge on any atom is 0.124 e. The maximum atomic E-state index is 11.2. The van der Waals surface area contributed by atoms with Crippen LogP contribution in [-0.4, -0.2) is 37.1 Å². The Kier molecular flexibility index (Phi) is 16.7. The summed E-state index contributed by atoms with van der Waals surface area (Å²) in [4.78, 5) is -0.0501. The summed E-state index contributed by atoms with van der Waals surface area (Å²) in [6, 6.07) is 17.4. The van der Waals surface area contributed by atoms with Crippen molar-refractivity contribution in [3.8, 4) is 0 Å². The lowest BCUT2D eigenvalue weighted by Gasteiger charge is -2.35. The Morgan fingerprint density at radius 2 is 1.11 bits per heavy atom. The highest BCUT2D eigenvalue weighted by Gasteiger charge is 2.20. The van der Waals surface area contributed by atoms with E-state index in [1.807, 2.05) is 0 Å². The highest BCUT2D eigenvalue weighted by Crippen LogP contribution is 2.18. The molecule has 2 aromatic rings. The summed E-state index contributed by atoms with van der Waals surface area (Å²) in [7, 11) is -4.35. The average Bonchev–Trinajstić information content (AvgIpc) is 2.89. The molecule has 0 aromatic heterocycles. The van der Waals surface area contributed by atoms with Crippen LogP contribution in [0.1, 0.15) is 103 Å². The molecule has 0 unspecified atom stereocenters. The Morgan fingerprint density at radius 1 is 0.639 bits per heavy atom. The van der Waals surface area contributed by atoms with Gasteiger partial charge < -0.3 is 9.04 Å². The number of aryl methyl sites for hydroxylation is 1. The molecule has 0 aliphatic heterocycles. The van der Waals surface area contributed by atoms with Gasteiger partial charge in [0, 0.05) is 5.56 Å². The topological polar surface area (TPSA) is 57.2 Å². The summed E-state index contributed by atoms with van der Waals surface area (Å²) in [5.74, 6) is 0. The summed E-state index contributed by atoms with van der Waals surface area (Å²) in [5, 5.41) is 0. The molecule has 0 saturated carbocycles. The Morgan fingerprint density at radius 3 is 1.61 bits per heavy atom. The molecule has 0 N–H and O–H groups in total. The van der Waals surface area contributed by atoms with Gasteiger partial charge in [-0.25, -0.2) is 8.42 Å². The van der Waals surface area contributed by atoms with Gasteiger partial charge in [-0.15, -0.1) is 0 Å². The minimum atomic E-state index is -4.35. The maximum absolute atomic E-state index is 11.2. The van der Waals surface area contributed by atoms with E-state index in [0.29, 0.717) is 12.0 Å². The predicted molar refractivity (Wildman–Crippen MR) is 152 cm³/mol. The fraction of sp³-hybridized carbons (Fsp3) is 0.613. The largest absolute Gasteiger partial charge is 0.744 e. The number of quaternary nitrogens is 1. The van der Waals surface area contributed by atoms with Crippen LogP contribution >= 0.6 is 0 Å². The molecule has 0 spiro atoms. The first kappa shape index (κ1) is 32.3. The third-order valence-corrected chi connectivity index (χ3v) is 8.35. The van der Waals surface area contributed by atoms with Crippen molar-refractivity contribution in [1.82, 2.24) is 0 Å². The fourth-order valence-electron chi connectivity index (χ4n) is 4.73. The molecule has 0 atom stereocenters. The first-order chi connectivity index (χ1) is 17.3. The molecule has 4 nitrogen and oxygen atoms in total. The number of hydrogen-bond acceptors (Lipinski definition) is 3. The Hall–Kier alpha value is -1.69. The second-order valence-electron chi connectivity index (χ2n) is 9.93. The van der Waals surface area contributed by atoms with Crippen LogP contribution in [0, 0.1) is 0 Å². The van der Waals surface area contributed by atoms with Crippen LogP contribution in [0.3, 0.4) is 0 Å². The lowest BCUT2D eigenvalue weighted by molar-refractivity contribution is -0.936. The van der Waals surface area contributed by atoms with Gasteiger partial charge in [0.2, 0.25) is 0 Å². The monoisotopic (exact) mass is 517 g/mol. The molecule has 0 aliphatic rings. The SMILES string of the molecule is CCCCCCCCCCCCc1ccccc1S(=O)(=O)[O-].CC[N+](CC)(CC)Cc1ccccc1. The smallest absolute Gasteiger partial charge is 0.124 e. The molecule has 0 heterocycles. The van der Waals surface area contributed by atoms with E-state index in [2.05, 4.69) is 58.0 Å². The molecule has 0 aliphatic carbocycles. The Balaban J connectivity index is 0.000000397. The second-order valence-corrected chi connectivity index (χ2v) is 11.3. The zero-order valence-corrected chi connectivity index (χ0v) is 24.2. The van der Waals surface area contributed by atoms with E-state index in [4.69, 9.17) is 0 Å². The van der Waals surface area contributed by atoms with Crippen molar-refractivity contribution in [2.24, 2.45) is 0 Å². The average molecular weight is 518 g/mol. The molecule has 0 fully saturated rings. The summed E-state index contributed by atoms with van der Waals surface area (Å²) < 4.78 is 34.7. The van der Waals surface area contributed by atoms with Crippen molar-refractivity contribution < 1.29 is 17.5 Å². The second kappa shape index (κ2) is 18.5. The highest BCUT2D eigenvalue weighted by atomic mass is 32.2. The van der Waals surface area contributed by atoms with Crippen molar-refractivity contribution >= 4 is 10.1 Å². The van der Waals surface area contributed by atoms with Gasteiger partial charge in [-0.2, -0.15) is 0 Å². The van der Waals surface area contributed by atoms with Gasteiger partial charge in [0.1, 0.15) is 16.7 Å². The van der Waals surface area contributed by atoms with Crippen LogP contribution in [0.15, 0.2) is 59.5 Å². The van der Waals surface area contributed by atoms with Crippen LogP contribution < -0.4 is 0 Å². The van der Waals surface area contributed by atoms with Crippen LogP contribution in [0.5, 0.6) is 0 Å². The lowest BCUT2D eigenvalue weighted by atomic mass is 10.0. The molecule has 5 heteroatoms. The summed E-state index contributed by atoms with van der Waals surface area (Å²) in [6.07, 6.45) is 13.2. The van der Waals surface area contributed by atoms with Gasteiger partial charge in [0.05, 0.1) is 24.5 Å². The van der Waals surface area contributed by atoms with Crippen LogP contribution in [0.25, 0.3) is 0 Å². The quantitative estimate of drug-likeness (QED) is 0.121. The van der Waals surface area contributed by atoms with E-state index in [1.165, 1.54) is 93.7 Å². The van der Waals surface area contributed by atoms with Crippen molar-refractivity contribution in [1.29, 1.82) is 0 Å². The first-order valence-electron chi connectivity index (χ1n) is 14.2. The van der Waals surface area contributed by atoms with Gasteiger partial charge in [0.15, 0.2) is 0 Å². The van der Waals surface area contributed by atoms with E-state index >= 15 is 0 Å². The lowest BCUT2D eigenvalue weighted by Crippen LogP contribution is -2.46. The van der Waals surface area contributed by atoms with E-state index < -0.39 is 10.1 Å². The van der Waals surface area contributed by atoms with E-state index in [-0.39, 0.29) is 4.90 Å². The highest BCUT2D eigenvalue weighted by molar-refractivity contribution is 7.85. The van der Waals surface area contributed by atoms with E-state index in [1.54, 1.807) is 18.2 Å². The van der Waals surface area contributed by atoms with Crippen LogP contribution in [0.2, 0.25) is 0 Å². The van der Waals surface area contributed by atoms with E-state index in [0.717, 1.165) is 12.8 Å². The van der Waals surface area contributed by atoms with Gasteiger partial charge in [0.25, 0.3) is 0 Å². The molecule has 204 valence electrons. The standard InChI is InChI=1S/C18H30O3S.C13H22N/c1-2-3-4-5-6-7-8-9-10-11-14-17-15-12-13-16-18(17)22(19,20)21;1-4-14(5-2,6-3)12-13-10-8-7-9-11-13/h12-13,15-16H,2-11,14H2,1H3,(H,19,20,21);7-11H,4-6,12H2,1-3H3/q;+1/p-1. The molecule has 36 heavy (non-hydrogen) atoms. The third-order valence-electron chi connectivity index (χ3n) is 7.41. The zero-order chi connectivity index (χ0) is 26.7. The number of benzene rings is 2. The van der Waals surface area contributed by atoms with Crippen molar-refractivity contribution in [2.75, 3.05) is 19.6 Å². The van der Waals surface area contributed by atoms with Crippen LogP contribution in [-0.2, 0) is 23.1 Å². The van der Waals surface area contributed by atoms with Gasteiger partial charge in [-0.3, -0.25) is 0 Å². The molecule has 0 saturated heterocycles. The van der Waals surface area contributed by atoms with Gasteiger partial charge in [-0.1, -0.05) is 113 Å². The molecule has 0 bridgehead atoms. The summed E-state index contributed by atoms with van der Waals surface area (Å²) >= 11 is 0. The number of hydrogen-bond donors (Lipinski definition) is 0. The number of unbranched alkanes of at least 4 members (excludes halogenated alkanes) is 9. The van der Waals surface area contributed by atoms with Gasteiger partial charge >= 0.3 is 0 Å². The number of nitrogens with zero attached hydrogens (tertiary/aromatic N) is 1. The molecule has 0 amide bonds. The first-order valence-corrected chi connectivity index (χ1v) is 15.7. The van der Waals surface area contributed by atoms with Crippen molar-refractivity contribution in [3.63, 3.8) is 0 Å². The Labute approximate surface area is 222 Å². The van der Waals surface area contributed by atoms with E-state index in [9.17, 15) is 13.0 Å². The van der Waals surface area contributed by atoms with Gasteiger partial charge in [-0.05, 0) is 45.2 Å². The predicted octanol–water partition coefficient (Wildman–Crippen LogP) is 8.12. The Bertz CT molecular complexity index is 900. The minimum absolute atomic E-state index is 0.0501. The summed E-state index contributed by atoms with van der Waals surface area (Å²) in [6.45, 7) is 13.9. The zero-order valence-electron chi connectivity index (χ0n) is 23.4. The molecular formula is C31H51NO3S. The summed E-state index contributed by atoms with van der Waals surface area (Å²) in [5.41, 5.74) is 2.12. The molecule has 0 radical (unpaired) electrons. The third kappa shape index (κ3) is 13.0. The molecule has 2 aromatic carbocycles. The minimum Gasteiger partial charge on any atom is -0.744 e. The van der Waals surface area contributed by atoms with Crippen LogP contribution in [0.4, 0.5) is 0 Å². The fourth-order valence-corrected chi connectivity index (χ4v) is 5.47. The number of rotatable bonds is 17. The van der Waals surface area contributed by atoms with Crippen molar-refractivity contribution in [3.05, 3.63) is 65.7 Å².